The highest BCUT2D eigenvalue weighted by atomic mass is 16.4. The van der Waals surface area contributed by atoms with Gasteiger partial charge in [-0.1, -0.05) is 38.8 Å². The first kappa shape index (κ1) is 19.6. The highest BCUT2D eigenvalue weighted by molar-refractivity contribution is 5.64. The first-order valence-electron chi connectivity index (χ1n) is 10.0. The van der Waals surface area contributed by atoms with E-state index in [1.807, 2.05) is 28.9 Å². The third kappa shape index (κ3) is 4.17. The fourth-order valence-corrected chi connectivity index (χ4v) is 3.72. The third-order valence-corrected chi connectivity index (χ3v) is 5.33. The molecule has 0 amide bonds. The fourth-order valence-electron chi connectivity index (χ4n) is 3.72. The number of anilines is 2. The van der Waals surface area contributed by atoms with Crippen LogP contribution in [0.2, 0.25) is 0 Å². The molecule has 0 saturated heterocycles. The maximum atomic E-state index is 11.1. The summed E-state index contributed by atoms with van der Waals surface area (Å²) in [5.74, 6) is 0.196. The highest BCUT2D eigenvalue weighted by Crippen LogP contribution is 2.31. The topological polar surface area (TPSA) is 102 Å². The van der Waals surface area contributed by atoms with E-state index in [9.17, 15) is 4.79 Å². The number of hydrogen-bond donors (Lipinski definition) is 2. The number of hydrogen-bond acceptors (Lipinski definition) is 6. The van der Waals surface area contributed by atoms with Gasteiger partial charge in [0, 0.05) is 16.9 Å². The van der Waals surface area contributed by atoms with Crippen molar-refractivity contribution in [1.29, 1.82) is 0 Å². The van der Waals surface area contributed by atoms with E-state index < -0.39 is 5.76 Å². The molecule has 0 aliphatic carbocycles. The van der Waals surface area contributed by atoms with Crippen LogP contribution in [-0.2, 0) is 0 Å². The minimum absolute atomic E-state index is 0.166. The predicted octanol–water partition coefficient (Wildman–Crippen LogP) is 4.39. The molecule has 8 heteroatoms. The van der Waals surface area contributed by atoms with Crippen molar-refractivity contribution in [3.05, 3.63) is 77.3 Å². The van der Waals surface area contributed by atoms with Gasteiger partial charge in [0.15, 0.2) is 0 Å². The molecule has 0 bridgehead atoms. The monoisotopic (exact) mass is 404 g/mol. The molecule has 0 aliphatic heterocycles. The number of aromatic amines is 1. The molecule has 2 aromatic heterocycles. The van der Waals surface area contributed by atoms with Crippen molar-refractivity contribution in [2.24, 2.45) is 5.92 Å². The zero-order valence-corrected chi connectivity index (χ0v) is 16.9. The second-order valence-corrected chi connectivity index (χ2v) is 7.14. The third-order valence-electron chi connectivity index (χ3n) is 5.33. The summed E-state index contributed by atoms with van der Waals surface area (Å²) >= 11 is 0. The molecule has 4 rings (SSSR count). The molecule has 0 fully saturated rings. The Morgan fingerprint density at radius 1 is 1.03 bits per heavy atom. The summed E-state index contributed by atoms with van der Waals surface area (Å²) in [6.45, 7) is 4.43. The van der Waals surface area contributed by atoms with E-state index >= 15 is 0 Å². The number of nitrogens with zero attached hydrogens (tertiary/aromatic N) is 4. The van der Waals surface area contributed by atoms with Crippen LogP contribution in [-0.4, -0.2) is 25.0 Å². The molecule has 0 saturated carbocycles. The van der Waals surface area contributed by atoms with Crippen molar-refractivity contribution in [1.82, 2.24) is 25.0 Å². The van der Waals surface area contributed by atoms with Crippen molar-refractivity contribution in [3.8, 4) is 11.5 Å². The standard InChI is InChI=1S/C22H24N6O2/c1-3-15(4-2)20(28-14-23-13-24-28)16-5-9-18(10-6-16)25-19-11-7-17(8-12-19)21-26-27-22(29)30-21/h5-15,20,25H,3-4H2,1-2H3,(H,27,29). The summed E-state index contributed by atoms with van der Waals surface area (Å²) < 4.78 is 6.93. The van der Waals surface area contributed by atoms with Crippen LogP contribution in [0, 0.1) is 5.92 Å². The Bertz CT molecular complexity index is 1110. The van der Waals surface area contributed by atoms with Gasteiger partial charge < -0.3 is 9.73 Å². The molecule has 0 spiro atoms. The van der Waals surface area contributed by atoms with Crippen molar-refractivity contribution in [2.45, 2.75) is 32.7 Å². The molecule has 30 heavy (non-hydrogen) atoms. The summed E-state index contributed by atoms with van der Waals surface area (Å²) in [7, 11) is 0. The SMILES string of the molecule is CCC(CC)C(c1ccc(Nc2ccc(-c3n[nH]c(=O)o3)cc2)cc1)n1cncn1. The van der Waals surface area contributed by atoms with Crippen molar-refractivity contribution in [2.75, 3.05) is 5.32 Å². The van der Waals surface area contributed by atoms with Crippen LogP contribution >= 0.6 is 0 Å². The smallest absolute Gasteiger partial charge is 0.388 e. The van der Waals surface area contributed by atoms with Crippen molar-refractivity contribution >= 4 is 11.4 Å². The summed E-state index contributed by atoms with van der Waals surface area (Å²) in [5, 5.41) is 13.9. The molecule has 0 aliphatic rings. The lowest BCUT2D eigenvalue weighted by molar-refractivity contribution is 0.332. The fraction of sp³-hybridized carbons (Fsp3) is 0.273. The quantitative estimate of drug-likeness (QED) is 0.452. The molecule has 154 valence electrons. The zero-order valence-electron chi connectivity index (χ0n) is 16.9. The number of benzene rings is 2. The van der Waals surface area contributed by atoms with Crippen LogP contribution in [0.5, 0.6) is 0 Å². The molecular weight excluding hydrogens is 380 g/mol. The molecule has 1 atom stereocenters. The van der Waals surface area contributed by atoms with E-state index in [4.69, 9.17) is 4.42 Å². The number of aromatic nitrogens is 5. The minimum Gasteiger partial charge on any atom is -0.388 e. The van der Waals surface area contributed by atoms with Gasteiger partial charge in [0.25, 0.3) is 0 Å². The second-order valence-electron chi connectivity index (χ2n) is 7.14. The van der Waals surface area contributed by atoms with Gasteiger partial charge in [-0.3, -0.25) is 0 Å². The van der Waals surface area contributed by atoms with Gasteiger partial charge in [-0.25, -0.2) is 19.6 Å². The van der Waals surface area contributed by atoms with Crippen molar-refractivity contribution < 1.29 is 4.42 Å². The lowest BCUT2D eigenvalue weighted by Gasteiger charge is -2.26. The Balaban J connectivity index is 1.51. The largest absolute Gasteiger partial charge is 0.434 e. The first-order valence-corrected chi connectivity index (χ1v) is 10.0. The maximum Gasteiger partial charge on any atom is 0.434 e. The molecule has 1 unspecified atom stereocenters. The van der Waals surface area contributed by atoms with Gasteiger partial charge >= 0.3 is 5.76 Å². The minimum atomic E-state index is -0.565. The molecule has 0 radical (unpaired) electrons. The molecule has 4 aromatic rings. The van der Waals surface area contributed by atoms with Crippen LogP contribution in [0.15, 0.2) is 70.4 Å². The van der Waals surface area contributed by atoms with Gasteiger partial charge in [-0.2, -0.15) is 5.10 Å². The van der Waals surface area contributed by atoms with E-state index in [0.717, 1.165) is 29.8 Å². The van der Waals surface area contributed by atoms with Gasteiger partial charge in [0.1, 0.15) is 12.7 Å². The first-order chi connectivity index (χ1) is 14.7. The summed E-state index contributed by atoms with van der Waals surface area (Å²) in [4.78, 5) is 15.2. The van der Waals surface area contributed by atoms with Crippen molar-refractivity contribution in [3.63, 3.8) is 0 Å². The Hall–Kier alpha value is -3.68. The van der Waals surface area contributed by atoms with Crippen LogP contribution in [0.25, 0.3) is 11.5 Å². The summed E-state index contributed by atoms with van der Waals surface area (Å²) in [5.41, 5.74) is 3.86. The summed E-state index contributed by atoms with van der Waals surface area (Å²) in [6, 6.07) is 16.1. The van der Waals surface area contributed by atoms with Crippen LogP contribution in [0.1, 0.15) is 38.3 Å². The molecule has 2 N–H and O–H groups in total. The average Bonchev–Trinajstić information content (AvgIpc) is 3.45. The van der Waals surface area contributed by atoms with Gasteiger partial charge in [0.2, 0.25) is 5.89 Å². The van der Waals surface area contributed by atoms with Crippen LogP contribution in [0.4, 0.5) is 11.4 Å². The van der Waals surface area contributed by atoms with Crippen LogP contribution < -0.4 is 11.1 Å². The normalized spacial score (nSPS) is 12.2. The van der Waals surface area contributed by atoms with E-state index in [1.165, 1.54) is 5.56 Å². The van der Waals surface area contributed by atoms with Gasteiger partial charge in [0.05, 0.1) is 6.04 Å². The zero-order chi connectivity index (χ0) is 20.9. The lowest BCUT2D eigenvalue weighted by Crippen LogP contribution is -2.20. The molecular formula is C22H24N6O2. The maximum absolute atomic E-state index is 11.1. The van der Waals surface area contributed by atoms with E-state index in [-0.39, 0.29) is 11.9 Å². The lowest BCUT2D eigenvalue weighted by atomic mass is 9.89. The predicted molar refractivity (Wildman–Crippen MR) is 115 cm³/mol. The van der Waals surface area contributed by atoms with Gasteiger partial charge in [-0.05, 0) is 47.9 Å². The number of rotatable bonds is 8. The average molecular weight is 404 g/mol. The van der Waals surface area contributed by atoms with E-state index in [0.29, 0.717) is 5.92 Å². The molecule has 8 nitrogen and oxygen atoms in total. The Kier molecular flexibility index (Phi) is 5.74. The van der Waals surface area contributed by atoms with Crippen LogP contribution in [0.3, 0.4) is 0 Å². The molecule has 2 aromatic carbocycles. The number of H-pyrrole nitrogens is 1. The van der Waals surface area contributed by atoms with E-state index in [2.05, 4.69) is 63.7 Å². The number of nitrogens with one attached hydrogen (secondary N) is 2. The Morgan fingerprint density at radius 2 is 1.70 bits per heavy atom. The van der Waals surface area contributed by atoms with Gasteiger partial charge in [-0.15, -0.1) is 5.10 Å². The Morgan fingerprint density at radius 3 is 2.23 bits per heavy atom. The summed E-state index contributed by atoms with van der Waals surface area (Å²) in [6.07, 6.45) is 5.52. The highest BCUT2D eigenvalue weighted by Gasteiger charge is 2.23. The molecule has 2 heterocycles. The second kappa shape index (κ2) is 8.77. The van der Waals surface area contributed by atoms with E-state index in [1.54, 1.807) is 12.7 Å². The Labute approximate surface area is 174 Å².